The molecule has 1 amide bonds. The average molecular weight is 399 g/mol. The number of nitrogens with one attached hydrogen (secondary N) is 1. The molecular weight excluding hydrogens is 370 g/mol. The fourth-order valence-electron chi connectivity index (χ4n) is 2.79. The van der Waals surface area contributed by atoms with E-state index in [2.05, 4.69) is 5.32 Å². The molecule has 0 aliphatic carbocycles. The fourth-order valence-corrected chi connectivity index (χ4v) is 2.79. The Morgan fingerprint density at radius 3 is 2.41 bits per heavy atom. The van der Waals surface area contributed by atoms with Gasteiger partial charge in [-0.3, -0.25) is 9.59 Å². The SMILES string of the molecule is CCOCCOc1ccc(CCNC(=O)c2ccccc2CC(=O)OCC)cc1. The molecular formula is C23H29NO5. The molecule has 2 rings (SSSR count). The van der Waals surface area contributed by atoms with Gasteiger partial charge in [-0.2, -0.15) is 0 Å². The quantitative estimate of drug-likeness (QED) is 0.438. The van der Waals surface area contributed by atoms with Crippen molar-refractivity contribution in [1.29, 1.82) is 0 Å². The summed E-state index contributed by atoms with van der Waals surface area (Å²) in [7, 11) is 0. The molecule has 0 spiro atoms. The van der Waals surface area contributed by atoms with Crippen molar-refractivity contribution in [3.05, 3.63) is 65.2 Å². The number of hydrogen-bond donors (Lipinski definition) is 1. The van der Waals surface area contributed by atoms with Crippen LogP contribution in [0, 0.1) is 0 Å². The van der Waals surface area contributed by atoms with E-state index in [0.29, 0.717) is 50.5 Å². The Hall–Kier alpha value is -2.86. The number of carbonyl (C=O) groups excluding carboxylic acids is 2. The zero-order valence-corrected chi connectivity index (χ0v) is 17.1. The number of amides is 1. The summed E-state index contributed by atoms with van der Waals surface area (Å²) < 4.78 is 15.8. The molecule has 0 heterocycles. The van der Waals surface area contributed by atoms with Crippen LogP contribution in [0.15, 0.2) is 48.5 Å². The van der Waals surface area contributed by atoms with Gasteiger partial charge in [0.25, 0.3) is 5.91 Å². The van der Waals surface area contributed by atoms with E-state index >= 15 is 0 Å². The molecule has 6 nitrogen and oxygen atoms in total. The topological polar surface area (TPSA) is 73.9 Å². The Labute approximate surface area is 172 Å². The largest absolute Gasteiger partial charge is 0.491 e. The summed E-state index contributed by atoms with van der Waals surface area (Å²) in [6, 6.07) is 14.9. The second-order valence-electron chi connectivity index (χ2n) is 6.33. The van der Waals surface area contributed by atoms with Crippen LogP contribution in [0.2, 0.25) is 0 Å². The van der Waals surface area contributed by atoms with Crippen molar-refractivity contribution in [3.63, 3.8) is 0 Å². The molecule has 0 unspecified atom stereocenters. The van der Waals surface area contributed by atoms with Crippen molar-refractivity contribution in [2.75, 3.05) is 33.0 Å². The summed E-state index contributed by atoms with van der Waals surface area (Å²) in [4.78, 5) is 24.3. The molecule has 0 atom stereocenters. The predicted octanol–water partition coefficient (Wildman–Crippen LogP) is 3.18. The monoisotopic (exact) mass is 399 g/mol. The molecule has 0 saturated heterocycles. The number of ether oxygens (including phenoxy) is 3. The normalized spacial score (nSPS) is 10.4. The van der Waals surface area contributed by atoms with Gasteiger partial charge in [-0.25, -0.2) is 0 Å². The molecule has 0 saturated carbocycles. The Balaban J connectivity index is 1.82. The Morgan fingerprint density at radius 2 is 1.69 bits per heavy atom. The van der Waals surface area contributed by atoms with Crippen LogP contribution in [-0.4, -0.2) is 44.8 Å². The van der Waals surface area contributed by atoms with E-state index in [-0.39, 0.29) is 18.3 Å². The lowest BCUT2D eigenvalue weighted by Crippen LogP contribution is -2.27. The molecule has 2 aromatic carbocycles. The van der Waals surface area contributed by atoms with Crippen molar-refractivity contribution in [2.24, 2.45) is 0 Å². The summed E-state index contributed by atoms with van der Waals surface area (Å²) in [5.41, 5.74) is 2.26. The summed E-state index contributed by atoms with van der Waals surface area (Å²) in [5, 5.41) is 2.92. The van der Waals surface area contributed by atoms with Gasteiger partial charge in [0.15, 0.2) is 0 Å². The van der Waals surface area contributed by atoms with Crippen molar-refractivity contribution >= 4 is 11.9 Å². The van der Waals surface area contributed by atoms with E-state index in [1.807, 2.05) is 37.3 Å². The van der Waals surface area contributed by atoms with Gasteiger partial charge in [0.1, 0.15) is 12.4 Å². The van der Waals surface area contributed by atoms with Crippen LogP contribution >= 0.6 is 0 Å². The minimum Gasteiger partial charge on any atom is -0.491 e. The van der Waals surface area contributed by atoms with Gasteiger partial charge < -0.3 is 19.5 Å². The van der Waals surface area contributed by atoms with E-state index in [1.54, 1.807) is 25.1 Å². The summed E-state index contributed by atoms with van der Waals surface area (Å²) in [6.07, 6.45) is 0.785. The van der Waals surface area contributed by atoms with E-state index in [9.17, 15) is 9.59 Å². The number of benzene rings is 2. The fraction of sp³-hybridized carbons (Fsp3) is 0.391. The minimum atomic E-state index is -0.337. The summed E-state index contributed by atoms with van der Waals surface area (Å²) in [6.45, 7) is 6.31. The first-order valence-corrected chi connectivity index (χ1v) is 9.95. The first kappa shape index (κ1) is 22.4. The minimum absolute atomic E-state index is 0.0855. The van der Waals surface area contributed by atoms with Crippen molar-refractivity contribution in [1.82, 2.24) is 5.32 Å². The van der Waals surface area contributed by atoms with Gasteiger partial charge in [0.2, 0.25) is 0 Å². The number of hydrogen-bond acceptors (Lipinski definition) is 5. The lowest BCUT2D eigenvalue weighted by Gasteiger charge is -2.10. The highest BCUT2D eigenvalue weighted by atomic mass is 16.5. The molecule has 0 aromatic heterocycles. The maximum Gasteiger partial charge on any atom is 0.310 e. The molecule has 2 aromatic rings. The first-order valence-electron chi connectivity index (χ1n) is 9.95. The standard InChI is InChI=1S/C23H29NO5/c1-3-27-15-16-29-20-11-9-18(10-12-20)13-14-24-23(26)21-8-6-5-7-19(21)17-22(25)28-4-2/h5-12H,3-4,13-17H2,1-2H3,(H,24,26). The second kappa shape index (κ2) is 12.6. The van der Waals surface area contributed by atoms with Crippen molar-refractivity contribution in [2.45, 2.75) is 26.7 Å². The zero-order chi connectivity index (χ0) is 20.9. The summed E-state index contributed by atoms with van der Waals surface area (Å²) in [5.74, 6) is 0.266. The second-order valence-corrected chi connectivity index (χ2v) is 6.33. The van der Waals surface area contributed by atoms with E-state index in [4.69, 9.17) is 14.2 Å². The maximum atomic E-state index is 12.5. The van der Waals surface area contributed by atoms with E-state index in [1.165, 1.54) is 0 Å². The van der Waals surface area contributed by atoms with Crippen molar-refractivity contribution < 1.29 is 23.8 Å². The maximum absolute atomic E-state index is 12.5. The molecule has 29 heavy (non-hydrogen) atoms. The Morgan fingerprint density at radius 1 is 0.931 bits per heavy atom. The van der Waals surface area contributed by atoms with Crippen LogP contribution < -0.4 is 10.1 Å². The van der Waals surface area contributed by atoms with Crippen LogP contribution in [0.25, 0.3) is 0 Å². The number of rotatable bonds is 12. The molecule has 156 valence electrons. The Bertz CT molecular complexity index is 773. The lowest BCUT2D eigenvalue weighted by molar-refractivity contribution is -0.142. The highest BCUT2D eigenvalue weighted by Crippen LogP contribution is 2.13. The predicted molar refractivity (Wildman–Crippen MR) is 111 cm³/mol. The third-order valence-electron chi connectivity index (χ3n) is 4.23. The van der Waals surface area contributed by atoms with Crippen LogP contribution in [0.4, 0.5) is 0 Å². The van der Waals surface area contributed by atoms with Gasteiger partial charge in [-0.05, 0) is 49.6 Å². The highest BCUT2D eigenvalue weighted by Gasteiger charge is 2.13. The van der Waals surface area contributed by atoms with Crippen LogP contribution in [0.1, 0.15) is 35.3 Å². The molecule has 0 aliphatic heterocycles. The van der Waals surface area contributed by atoms with Gasteiger partial charge in [-0.15, -0.1) is 0 Å². The smallest absolute Gasteiger partial charge is 0.310 e. The molecule has 0 fully saturated rings. The molecule has 0 radical (unpaired) electrons. The van der Waals surface area contributed by atoms with Crippen molar-refractivity contribution in [3.8, 4) is 5.75 Å². The van der Waals surface area contributed by atoms with E-state index in [0.717, 1.165) is 11.3 Å². The lowest BCUT2D eigenvalue weighted by atomic mass is 10.0. The molecule has 6 heteroatoms. The van der Waals surface area contributed by atoms with Gasteiger partial charge >= 0.3 is 5.97 Å². The first-order chi connectivity index (χ1) is 14.1. The summed E-state index contributed by atoms with van der Waals surface area (Å²) >= 11 is 0. The number of carbonyl (C=O) groups is 2. The average Bonchev–Trinajstić information content (AvgIpc) is 2.73. The van der Waals surface area contributed by atoms with Gasteiger partial charge in [0, 0.05) is 18.7 Å². The molecule has 0 bridgehead atoms. The molecule has 0 aliphatic rings. The molecule has 1 N–H and O–H groups in total. The van der Waals surface area contributed by atoms with Crippen LogP contribution in [-0.2, 0) is 27.1 Å². The van der Waals surface area contributed by atoms with E-state index < -0.39 is 0 Å². The Kier molecular flexibility index (Phi) is 9.72. The van der Waals surface area contributed by atoms with Gasteiger partial charge in [0.05, 0.1) is 19.6 Å². The van der Waals surface area contributed by atoms with Crippen LogP contribution in [0.3, 0.4) is 0 Å². The zero-order valence-electron chi connectivity index (χ0n) is 17.1. The van der Waals surface area contributed by atoms with Gasteiger partial charge in [-0.1, -0.05) is 30.3 Å². The number of esters is 1. The third kappa shape index (κ3) is 7.95. The third-order valence-corrected chi connectivity index (χ3v) is 4.23. The highest BCUT2D eigenvalue weighted by molar-refractivity contribution is 5.96. The van der Waals surface area contributed by atoms with Crippen LogP contribution in [0.5, 0.6) is 5.75 Å².